The van der Waals surface area contributed by atoms with Gasteiger partial charge in [0.25, 0.3) is 0 Å². The van der Waals surface area contributed by atoms with Crippen molar-refractivity contribution in [1.29, 1.82) is 0 Å². The van der Waals surface area contributed by atoms with E-state index in [9.17, 15) is 10.2 Å². The van der Waals surface area contributed by atoms with E-state index in [-0.39, 0.29) is 36.9 Å². The Labute approximate surface area is 197 Å². The molecule has 0 aliphatic rings. The fourth-order valence-electron chi connectivity index (χ4n) is 3.44. The Bertz CT molecular complexity index is 432. The van der Waals surface area contributed by atoms with Crippen molar-refractivity contribution in [3.05, 3.63) is 23.8 Å². The van der Waals surface area contributed by atoms with Gasteiger partial charge in [0.1, 0.15) is 0 Å². The van der Waals surface area contributed by atoms with E-state index in [1.165, 1.54) is 5.57 Å². The molecule has 32 heavy (non-hydrogen) atoms. The maximum atomic E-state index is 10.4. The SMILES string of the molecule is CCC(OC)C(C)CCC(O)C(C)/C=C/C=C(\C)CC(CC(CO)OC)OC.CO.CO. The summed E-state index contributed by atoms with van der Waals surface area (Å²) in [7, 11) is 7.04. The second kappa shape index (κ2) is 24.8. The third-order valence-corrected chi connectivity index (χ3v) is 5.61. The fraction of sp³-hybridized carbons (Fsp3) is 0.840. The van der Waals surface area contributed by atoms with E-state index in [1.54, 1.807) is 21.3 Å². The molecule has 7 nitrogen and oxygen atoms in total. The van der Waals surface area contributed by atoms with Crippen LogP contribution in [0, 0.1) is 11.8 Å². The summed E-state index contributed by atoms with van der Waals surface area (Å²) in [4.78, 5) is 0. The van der Waals surface area contributed by atoms with Gasteiger partial charge in [-0.1, -0.05) is 44.6 Å². The Hall–Kier alpha value is -0.800. The van der Waals surface area contributed by atoms with E-state index in [1.807, 2.05) is 13.0 Å². The van der Waals surface area contributed by atoms with Crippen LogP contribution in [0.3, 0.4) is 0 Å². The molecule has 0 aliphatic heterocycles. The van der Waals surface area contributed by atoms with Crippen LogP contribution in [0.2, 0.25) is 0 Å². The molecule has 7 heteroatoms. The molecule has 0 aromatic heterocycles. The highest BCUT2D eigenvalue weighted by Gasteiger charge is 2.18. The van der Waals surface area contributed by atoms with Gasteiger partial charge in [0.15, 0.2) is 0 Å². The Kier molecular flexibility index (Phi) is 27.8. The van der Waals surface area contributed by atoms with Crippen LogP contribution in [-0.2, 0) is 14.2 Å². The predicted octanol–water partition coefficient (Wildman–Crippen LogP) is 3.35. The van der Waals surface area contributed by atoms with Crippen LogP contribution >= 0.6 is 0 Å². The number of allylic oxidation sites excluding steroid dienone is 2. The molecular formula is C25H52O7. The molecule has 0 radical (unpaired) electrons. The maximum Gasteiger partial charge on any atom is 0.0826 e. The van der Waals surface area contributed by atoms with Gasteiger partial charge in [0.2, 0.25) is 0 Å². The summed E-state index contributed by atoms with van der Waals surface area (Å²) in [6, 6.07) is 0. The fourth-order valence-corrected chi connectivity index (χ4v) is 3.44. The first-order chi connectivity index (χ1) is 15.3. The molecule has 194 valence electrons. The van der Waals surface area contributed by atoms with E-state index < -0.39 is 0 Å². The highest BCUT2D eigenvalue weighted by Crippen LogP contribution is 2.20. The zero-order valence-corrected chi connectivity index (χ0v) is 22.0. The largest absolute Gasteiger partial charge is 0.400 e. The summed E-state index contributed by atoms with van der Waals surface area (Å²) in [5.41, 5.74) is 1.19. The lowest BCUT2D eigenvalue weighted by Gasteiger charge is -2.23. The average molecular weight is 465 g/mol. The van der Waals surface area contributed by atoms with Gasteiger partial charge in [0, 0.05) is 47.9 Å². The van der Waals surface area contributed by atoms with Gasteiger partial charge in [-0.05, 0) is 38.5 Å². The van der Waals surface area contributed by atoms with Crippen molar-refractivity contribution in [2.75, 3.05) is 42.2 Å². The minimum absolute atomic E-state index is 0.00354. The lowest BCUT2D eigenvalue weighted by Crippen LogP contribution is -2.24. The number of aliphatic hydroxyl groups is 4. The average Bonchev–Trinajstić information content (AvgIpc) is 2.83. The normalized spacial score (nSPS) is 17.3. The standard InChI is InChI=1S/C23H44O5.2CH4O/c1-8-23(28-7)19(4)12-13-22(25)18(3)11-9-10-17(2)14-20(26-5)15-21(16-24)27-6;2*1-2/h9-11,18-25H,8,12-16H2,1-7H3;2*2H,1H3/b11-9+,17-10+;;. The van der Waals surface area contributed by atoms with E-state index in [4.69, 9.17) is 24.4 Å². The summed E-state index contributed by atoms with van der Waals surface area (Å²) in [5, 5.41) is 33.7. The lowest BCUT2D eigenvalue weighted by atomic mass is 9.91. The minimum Gasteiger partial charge on any atom is -0.400 e. The van der Waals surface area contributed by atoms with Crippen molar-refractivity contribution in [2.24, 2.45) is 11.8 Å². The second-order valence-electron chi connectivity index (χ2n) is 7.90. The maximum absolute atomic E-state index is 10.4. The van der Waals surface area contributed by atoms with Gasteiger partial charge in [-0.2, -0.15) is 0 Å². The molecule has 0 aromatic carbocycles. The Morgan fingerprint density at radius 3 is 1.91 bits per heavy atom. The van der Waals surface area contributed by atoms with Gasteiger partial charge in [-0.25, -0.2) is 0 Å². The van der Waals surface area contributed by atoms with Crippen molar-refractivity contribution >= 4 is 0 Å². The van der Waals surface area contributed by atoms with Gasteiger partial charge >= 0.3 is 0 Å². The molecule has 6 unspecified atom stereocenters. The summed E-state index contributed by atoms with van der Waals surface area (Å²) in [6.45, 7) is 8.43. The van der Waals surface area contributed by atoms with E-state index >= 15 is 0 Å². The van der Waals surface area contributed by atoms with Crippen LogP contribution in [0.25, 0.3) is 0 Å². The summed E-state index contributed by atoms with van der Waals surface area (Å²) in [5.74, 6) is 0.549. The molecular weight excluding hydrogens is 412 g/mol. The second-order valence-corrected chi connectivity index (χ2v) is 7.90. The van der Waals surface area contributed by atoms with Gasteiger partial charge in [-0.15, -0.1) is 0 Å². The number of hydrogen-bond acceptors (Lipinski definition) is 7. The third-order valence-electron chi connectivity index (χ3n) is 5.61. The number of aliphatic hydroxyl groups excluding tert-OH is 4. The van der Waals surface area contributed by atoms with Crippen molar-refractivity contribution in [3.63, 3.8) is 0 Å². The molecule has 0 saturated heterocycles. The molecule has 0 aliphatic carbocycles. The molecule has 6 atom stereocenters. The number of rotatable bonds is 16. The first-order valence-electron chi connectivity index (χ1n) is 11.4. The lowest BCUT2D eigenvalue weighted by molar-refractivity contribution is -0.00396. The van der Waals surface area contributed by atoms with Crippen molar-refractivity contribution in [1.82, 2.24) is 0 Å². The van der Waals surface area contributed by atoms with E-state index in [2.05, 4.69) is 32.9 Å². The van der Waals surface area contributed by atoms with E-state index in [0.717, 1.165) is 39.9 Å². The molecule has 0 saturated carbocycles. The van der Waals surface area contributed by atoms with Crippen LogP contribution < -0.4 is 0 Å². The van der Waals surface area contributed by atoms with Crippen molar-refractivity contribution in [2.45, 2.75) is 84.2 Å². The molecule has 0 heterocycles. The number of methoxy groups -OCH3 is 3. The van der Waals surface area contributed by atoms with Crippen LogP contribution in [0.5, 0.6) is 0 Å². The molecule has 0 spiro atoms. The Balaban J connectivity index is -0.00000198. The minimum atomic E-state index is -0.347. The smallest absolute Gasteiger partial charge is 0.0826 e. The Morgan fingerprint density at radius 2 is 1.47 bits per heavy atom. The number of hydrogen-bond donors (Lipinski definition) is 4. The van der Waals surface area contributed by atoms with Crippen LogP contribution in [-0.4, -0.2) is 87.0 Å². The van der Waals surface area contributed by atoms with Gasteiger partial charge in [0.05, 0.1) is 31.0 Å². The quantitative estimate of drug-likeness (QED) is 0.259. The van der Waals surface area contributed by atoms with Gasteiger partial charge < -0.3 is 34.6 Å². The zero-order chi connectivity index (χ0) is 25.5. The van der Waals surface area contributed by atoms with Crippen molar-refractivity contribution in [3.8, 4) is 0 Å². The van der Waals surface area contributed by atoms with Crippen LogP contribution in [0.1, 0.15) is 59.8 Å². The molecule has 4 N–H and O–H groups in total. The first-order valence-corrected chi connectivity index (χ1v) is 11.4. The first kappa shape index (κ1) is 35.8. The highest BCUT2D eigenvalue weighted by molar-refractivity contribution is 5.12. The van der Waals surface area contributed by atoms with Gasteiger partial charge in [-0.3, -0.25) is 0 Å². The highest BCUT2D eigenvalue weighted by atomic mass is 16.5. The molecule has 0 amide bonds. The number of ether oxygens (including phenoxy) is 3. The van der Waals surface area contributed by atoms with Crippen LogP contribution in [0.4, 0.5) is 0 Å². The summed E-state index contributed by atoms with van der Waals surface area (Å²) < 4.78 is 16.2. The molecule has 0 aromatic rings. The topological polar surface area (TPSA) is 109 Å². The molecule has 0 bridgehead atoms. The molecule has 0 fully saturated rings. The molecule has 0 rings (SSSR count). The third kappa shape index (κ3) is 17.7. The van der Waals surface area contributed by atoms with E-state index in [0.29, 0.717) is 12.3 Å². The van der Waals surface area contributed by atoms with Crippen molar-refractivity contribution < 1.29 is 34.6 Å². The predicted molar refractivity (Wildman–Crippen MR) is 132 cm³/mol. The monoisotopic (exact) mass is 464 g/mol. The summed E-state index contributed by atoms with van der Waals surface area (Å²) >= 11 is 0. The Morgan fingerprint density at radius 1 is 0.906 bits per heavy atom. The zero-order valence-electron chi connectivity index (χ0n) is 22.0. The summed E-state index contributed by atoms with van der Waals surface area (Å²) in [6.07, 6.45) is 10.0. The van der Waals surface area contributed by atoms with Crippen LogP contribution in [0.15, 0.2) is 23.8 Å².